The van der Waals surface area contributed by atoms with Crippen LogP contribution in [0.2, 0.25) is 0 Å². The van der Waals surface area contributed by atoms with Crippen LogP contribution in [0.5, 0.6) is 0 Å². The topological polar surface area (TPSA) is 26.3 Å². The lowest BCUT2D eigenvalue weighted by Crippen LogP contribution is -2.34. The largest absolute Gasteiger partial charge is 0.491 e. The monoisotopic (exact) mass is 444 g/mol. The van der Waals surface area contributed by atoms with E-state index in [-0.39, 0.29) is 11.7 Å². The van der Waals surface area contributed by atoms with Crippen molar-refractivity contribution in [1.82, 2.24) is 0 Å². The summed E-state index contributed by atoms with van der Waals surface area (Å²) in [5, 5.41) is 0. The molecule has 4 aromatic carbocycles. The van der Waals surface area contributed by atoms with Gasteiger partial charge in [-0.25, -0.2) is 0 Å². The molecule has 0 saturated heterocycles. The molecule has 168 valence electrons. The molecule has 0 radical (unpaired) electrons. The van der Waals surface area contributed by atoms with Crippen LogP contribution in [0, 0.1) is 0 Å². The third-order valence-corrected chi connectivity index (χ3v) is 6.07. The Morgan fingerprint density at radius 3 is 1.44 bits per heavy atom. The zero-order valence-corrected chi connectivity index (χ0v) is 19.8. The van der Waals surface area contributed by atoms with E-state index in [4.69, 9.17) is 4.74 Å². The molecule has 0 spiro atoms. The minimum Gasteiger partial charge on any atom is -0.491 e. The van der Waals surface area contributed by atoms with Gasteiger partial charge in [-0.2, -0.15) is 0 Å². The minimum absolute atomic E-state index is 0.110. The van der Waals surface area contributed by atoms with Crippen molar-refractivity contribution in [3.05, 3.63) is 126 Å². The van der Waals surface area contributed by atoms with Crippen LogP contribution in [0.4, 0.5) is 0 Å². The zero-order valence-electron chi connectivity index (χ0n) is 19.8. The van der Waals surface area contributed by atoms with Crippen LogP contribution < -0.4 is 0 Å². The van der Waals surface area contributed by atoms with E-state index < -0.39 is 5.60 Å². The second-order valence-electron chi connectivity index (χ2n) is 9.68. The quantitative estimate of drug-likeness (QED) is 0.313. The number of rotatable bonds is 5. The van der Waals surface area contributed by atoms with E-state index in [0.717, 1.165) is 39.1 Å². The van der Waals surface area contributed by atoms with Crippen molar-refractivity contribution < 1.29 is 9.53 Å². The Balaban J connectivity index is 1.48. The molecule has 1 unspecified atom stereocenters. The van der Waals surface area contributed by atoms with Crippen LogP contribution in [0.15, 0.2) is 115 Å². The zero-order chi connectivity index (χ0) is 23.7. The highest BCUT2D eigenvalue weighted by atomic mass is 16.5. The van der Waals surface area contributed by atoms with E-state index in [2.05, 4.69) is 48.5 Å². The Kier molecular flexibility index (Phi) is 5.67. The molecule has 4 aromatic rings. The molecular weight excluding hydrogens is 416 g/mol. The highest BCUT2D eigenvalue weighted by Gasteiger charge is 2.44. The van der Waals surface area contributed by atoms with Gasteiger partial charge in [0.05, 0.1) is 5.57 Å². The predicted molar refractivity (Wildman–Crippen MR) is 139 cm³/mol. The summed E-state index contributed by atoms with van der Waals surface area (Å²) in [7, 11) is 0. The molecule has 0 N–H and O–H groups in total. The average Bonchev–Trinajstić information content (AvgIpc) is 2.85. The van der Waals surface area contributed by atoms with Gasteiger partial charge in [0.2, 0.25) is 0 Å². The average molecular weight is 445 g/mol. The molecule has 0 amide bonds. The van der Waals surface area contributed by atoms with Crippen molar-refractivity contribution in [3.8, 4) is 22.3 Å². The summed E-state index contributed by atoms with van der Waals surface area (Å²) >= 11 is 0. The Hall–Kier alpha value is -3.91. The normalized spacial score (nSPS) is 15.7. The Labute approximate surface area is 201 Å². The fourth-order valence-electron chi connectivity index (χ4n) is 4.44. The number of hydrogen-bond donors (Lipinski definition) is 0. The van der Waals surface area contributed by atoms with Gasteiger partial charge in [0, 0.05) is 0 Å². The first kappa shape index (κ1) is 21.9. The third-order valence-electron chi connectivity index (χ3n) is 6.07. The van der Waals surface area contributed by atoms with Crippen LogP contribution >= 0.6 is 0 Å². The Morgan fingerprint density at radius 1 is 0.559 bits per heavy atom. The van der Waals surface area contributed by atoms with Gasteiger partial charge in [0.15, 0.2) is 5.78 Å². The molecule has 0 aromatic heterocycles. The van der Waals surface area contributed by atoms with Gasteiger partial charge in [0.1, 0.15) is 17.3 Å². The number of ether oxygens (including phenoxy) is 1. The molecule has 1 aliphatic carbocycles. The summed E-state index contributed by atoms with van der Waals surface area (Å²) in [4.78, 5) is 13.4. The minimum atomic E-state index is -0.395. The lowest BCUT2D eigenvalue weighted by molar-refractivity contribution is -0.118. The molecule has 0 aliphatic heterocycles. The molecule has 2 heteroatoms. The van der Waals surface area contributed by atoms with Gasteiger partial charge in [-0.3, -0.25) is 4.79 Å². The number of hydrogen-bond acceptors (Lipinski definition) is 2. The van der Waals surface area contributed by atoms with Crippen molar-refractivity contribution >= 4 is 11.4 Å². The van der Waals surface area contributed by atoms with Crippen LogP contribution in [0.1, 0.15) is 37.8 Å². The number of Topliss-reactive ketones (excluding diaryl/α,β-unsaturated/α-hetero) is 1. The molecule has 2 nitrogen and oxygen atoms in total. The maximum Gasteiger partial charge on any atom is 0.181 e. The summed E-state index contributed by atoms with van der Waals surface area (Å²) in [5.74, 6) is 0.504. The molecule has 34 heavy (non-hydrogen) atoms. The third kappa shape index (κ3) is 4.32. The number of allylic oxidation sites excluding steroid dienone is 2. The fraction of sp³-hybridized carbons (Fsp3) is 0.156. The van der Waals surface area contributed by atoms with Gasteiger partial charge in [-0.05, 0) is 54.2 Å². The predicted octanol–water partition coefficient (Wildman–Crippen LogP) is 7.91. The summed E-state index contributed by atoms with van der Waals surface area (Å²) in [6.07, 6.45) is 0. The van der Waals surface area contributed by atoms with E-state index in [1.165, 1.54) is 0 Å². The molecule has 0 saturated carbocycles. The second kappa shape index (κ2) is 8.79. The highest BCUT2D eigenvalue weighted by Crippen LogP contribution is 2.47. The van der Waals surface area contributed by atoms with E-state index >= 15 is 0 Å². The first-order valence-corrected chi connectivity index (χ1v) is 11.7. The molecule has 5 rings (SSSR count). The first-order chi connectivity index (χ1) is 16.4. The first-order valence-electron chi connectivity index (χ1n) is 11.7. The number of carbonyl (C=O) groups excluding carboxylic acids is 1. The highest BCUT2D eigenvalue weighted by molar-refractivity contribution is 6.32. The van der Waals surface area contributed by atoms with E-state index in [1.54, 1.807) is 0 Å². The molecule has 1 atom stereocenters. The van der Waals surface area contributed by atoms with Crippen molar-refractivity contribution in [1.29, 1.82) is 0 Å². The van der Waals surface area contributed by atoms with E-state index in [0.29, 0.717) is 5.57 Å². The summed E-state index contributed by atoms with van der Waals surface area (Å²) in [5.41, 5.74) is 6.74. The summed E-state index contributed by atoms with van der Waals surface area (Å²) in [6.45, 7) is 6.07. The second-order valence-corrected chi connectivity index (χ2v) is 9.68. The van der Waals surface area contributed by atoms with Crippen molar-refractivity contribution in [2.75, 3.05) is 0 Å². The van der Waals surface area contributed by atoms with Crippen molar-refractivity contribution in [2.24, 2.45) is 0 Å². The Bertz CT molecular complexity index is 1320. The molecule has 0 bridgehead atoms. The number of carbonyl (C=O) groups is 1. The SMILES string of the molecule is CC(C)(C)OC1=C(c2ccc(-c3ccccc3)cc2)C(=O)C1c1ccc(-c2ccccc2)cc1. The van der Waals surface area contributed by atoms with Crippen molar-refractivity contribution in [3.63, 3.8) is 0 Å². The van der Waals surface area contributed by atoms with Gasteiger partial charge in [-0.15, -0.1) is 0 Å². The van der Waals surface area contributed by atoms with Gasteiger partial charge >= 0.3 is 0 Å². The van der Waals surface area contributed by atoms with Crippen molar-refractivity contribution in [2.45, 2.75) is 32.3 Å². The standard InChI is InChI=1S/C32H28O2/c1-32(2,3)34-31-28(26-18-14-24(15-19-26)22-10-6-4-7-11-22)30(33)29(31)27-20-16-25(17-21-27)23-12-8-5-9-13-23/h4-21,28H,1-3H3. The van der Waals surface area contributed by atoms with Gasteiger partial charge in [-0.1, -0.05) is 109 Å². The molecule has 1 aliphatic rings. The lowest BCUT2D eigenvalue weighted by atomic mass is 9.74. The number of benzene rings is 4. The summed E-state index contributed by atoms with van der Waals surface area (Å²) < 4.78 is 6.37. The van der Waals surface area contributed by atoms with Gasteiger partial charge < -0.3 is 4.74 Å². The van der Waals surface area contributed by atoms with Crippen LogP contribution in [-0.2, 0) is 9.53 Å². The smallest absolute Gasteiger partial charge is 0.181 e. The molecular formula is C32H28O2. The fourth-order valence-corrected chi connectivity index (χ4v) is 4.44. The lowest BCUT2D eigenvalue weighted by Gasteiger charge is -2.36. The van der Waals surface area contributed by atoms with Crippen LogP contribution in [0.3, 0.4) is 0 Å². The van der Waals surface area contributed by atoms with E-state index in [1.807, 2.05) is 81.4 Å². The van der Waals surface area contributed by atoms with E-state index in [9.17, 15) is 4.79 Å². The molecule has 0 fully saturated rings. The Morgan fingerprint density at radius 2 is 0.971 bits per heavy atom. The van der Waals surface area contributed by atoms with Crippen LogP contribution in [0.25, 0.3) is 27.8 Å². The van der Waals surface area contributed by atoms with Gasteiger partial charge in [0.25, 0.3) is 0 Å². The maximum absolute atomic E-state index is 13.4. The van der Waals surface area contributed by atoms with Crippen LogP contribution in [-0.4, -0.2) is 11.4 Å². The number of ketones is 1. The maximum atomic E-state index is 13.4. The molecule has 0 heterocycles. The summed E-state index contributed by atoms with van der Waals surface area (Å²) in [6, 6.07) is 37.0.